The lowest BCUT2D eigenvalue weighted by atomic mass is 10.0. The number of nitrogens with two attached hydrogens (primary N) is 1. The van der Waals surface area contributed by atoms with Gasteiger partial charge in [0.15, 0.2) is 0 Å². The van der Waals surface area contributed by atoms with Crippen molar-refractivity contribution in [2.45, 2.75) is 123 Å². The number of hydrogen-bond acceptors (Lipinski definition) is 4. The number of unbranched alkanes of at least 4 members (excludes halogenated alkanes) is 14. The second-order valence-corrected chi connectivity index (χ2v) is 7.28. The van der Waals surface area contributed by atoms with Crippen molar-refractivity contribution < 1.29 is 14.3 Å². The van der Waals surface area contributed by atoms with Crippen LogP contribution >= 0.6 is 0 Å². The molecule has 0 amide bonds. The molecule has 2 N–H and O–H groups in total. The third-order valence-electron chi connectivity index (χ3n) is 4.57. The van der Waals surface area contributed by atoms with Gasteiger partial charge in [0.25, 0.3) is 0 Å². The molecule has 1 atom stereocenters. The zero-order valence-electron chi connectivity index (χ0n) is 16.7. The summed E-state index contributed by atoms with van der Waals surface area (Å²) >= 11 is 0. The quantitative estimate of drug-likeness (QED) is 0.207. The van der Waals surface area contributed by atoms with E-state index in [1.54, 1.807) is 0 Å². The zero-order chi connectivity index (χ0) is 18.8. The first-order valence-electron chi connectivity index (χ1n) is 10.6. The van der Waals surface area contributed by atoms with Crippen LogP contribution in [-0.4, -0.2) is 18.0 Å². The molecule has 0 aromatic rings. The first-order chi connectivity index (χ1) is 12.1. The Morgan fingerprint density at radius 2 is 1.08 bits per heavy atom. The molecule has 4 heteroatoms. The molecule has 0 aliphatic rings. The fraction of sp³-hybridized carbons (Fsp3) is 0.905. The fourth-order valence-electron chi connectivity index (χ4n) is 2.90. The van der Waals surface area contributed by atoms with Gasteiger partial charge in [0, 0.05) is 6.42 Å². The summed E-state index contributed by atoms with van der Waals surface area (Å²) in [5.41, 5.74) is 5.34. The van der Waals surface area contributed by atoms with Crippen molar-refractivity contribution in [2.24, 2.45) is 5.73 Å². The summed E-state index contributed by atoms with van der Waals surface area (Å²) in [5, 5.41) is 0. The molecule has 0 aromatic heterocycles. The fourth-order valence-corrected chi connectivity index (χ4v) is 2.90. The molecular weight excluding hydrogens is 314 g/mol. The standard InChI is InChI=1S/C21H41NO3/c1-3-4-5-6-7-8-9-10-11-12-13-14-15-16-17-18-20(23)25-21(24)19(2)22/h19H,3-18,22H2,1-2H3/t19-/m0/s1. The lowest BCUT2D eigenvalue weighted by Gasteiger charge is -2.05. The molecule has 0 unspecified atom stereocenters. The van der Waals surface area contributed by atoms with Crippen LogP contribution in [0.3, 0.4) is 0 Å². The van der Waals surface area contributed by atoms with Crippen molar-refractivity contribution in [2.75, 3.05) is 0 Å². The molecule has 0 saturated heterocycles. The van der Waals surface area contributed by atoms with Crippen molar-refractivity contribution in [3.05, 3.63) is 0 Å². The molecule has 0 radical (unpaired) electrons. The minimum atomic E-state index is -0.731. The van der Waals surface area contributed by atoms with Gasteiger partial charge in [-0.05, 0) is 13.3 Å². The number of carbonyl (C=O) groups is 2. The summed E-state index contributed by atoms with van der Waals surface area (Å²) in [6, 6.07) is -0.731. The molecule has 0 heterocycles. The van der Waals surface area contributed by atoms with Crippen LogP contribution in [0.2, 0.25) is 0 Å². The van der Waals surface area contributed by atoms with Crippen LogP contribution in [0.25, 0.3) is 0 Å². The Labute approximate surface area is 155 Å². The van der Waals surface area contributed by atoms with E-state index in [4.69, 9.17) is 5.73 Å². The van der Waals surface area contributed by atoms with E-state index in [0.29, 0.717) is 6.42 Å². The Balaban J connectivity index is 3.19. The van der Waals surface area contributed by atoms with Crippen LogP contribution in [0.1, 0.15) is 117 Å². The van der Waals surface area contributed by atoms with Crippen LogP contribution in [0.5, 0.6) is 0 Å². The van der Waals surface area contributed by atoms with Crippen LogP contribution < -0.4 is 5.73 Å². The molecule has 0 spiro atoms. The monoisotopic (exact) mass is 355 g/mol. The Hall–Kier alpha value is -0.900. The highest BCUT2D eigenvalue weighted by Crippen LogP contribution is 2.13. The highest BCUT2D eigenvalue weighted by atomic mass is 16.6. The number of ether oxygens (including phenoxy) is 1. The van der Waals surface area contributed by atoms with E-state index in [0.717, 1.165) is 19.3 Å². The van der Waals surface area contributed by atoms with Gasteiger partial charge in [-0.2, -0.15) is 0 Å². The van der Waals surface area contributed by atoms with E-state index in [-0.39, 0.29) is 0 Å². The van der Waals surface area contributed by atoms with Crippen LogP contribution in [-0.2, 0) is 14.3 Å². The number of esters is 2. The van der Waals surface area contributed by atoms with Gasteiger partial charge in [0.05, 0.1) is 0 Å². The predicted molar refractivity (Wildman–Crippen MR) is 104 cm³/mol. The SMILES string of the molecule is CCCCCCCCCCCCCCCCCC(=O)OC(=O)[C@H](C)N. The lowest BCUT2D eigenvalue weighted by Crippen LogP contribution is -2.30. The lowest BCUT2D eigenvalue weighted by molar-refractivity contribution is -0.160. The summed E-state index contributed by atoms with van der Waals surface area (Å²) in [7, 11) is 0. The number of rotatable bonds is 17. The molecule has 148 valence electrons. The molecule has 0 fully saturated rings. The third-order valence-corrected chi connectivity index (χ3v) is 4.57. The molecule has 0 aliphatic heterocycles. The van der Waals surface area contributed by atoms with Gasteiger partial charge in [0.2, 0.25) is 0 Å². The highest BCUT2D eigenvalue weighted by molar-refractivity contribution is 5.87. The average molecular weight is 356 g/mol. The van der Waals surface area contributed by atoms with Gasteiger partial charge in [0.1, 0.15) is 6.04 Å². The maximum absolute atomic E-state index is 11.4. The smallest absolute Gasteiger partial charge is 0.330 e. The van der Waals surface area contributed by atoms with Gasteiger partial charge in [-0.1, -0.05) is 96.8 Å². The minimum absolute atomic E-state index is 0.316. The van der Waals surface area contributed by atoms with E-state index in [1.807, 2.05) is 0 Å². The van der Waals surface area contributed by atoms with E-state index < -0.39 is 18.0 Å². The molecule has 0 bridgehead atoms. The first-order valence-corrected chi connectivity index (χ1v) is 10.6. The molecule has 25 heavy (non-hydrogen) atoms. The Bertz CT molecular complexity index is 329. The molecule has 4 nitrogen and oxygen atoms in total. The largest absolute Gasteiger partial charge is 0.392 e. The summed E-state index contributed by atoms with van der Waals surface area (Å²) in [6.45, 7) is 3.78. The van der Waals surface area contributed by atoms with Gasteiger partial charge in [-0.3, -0.25) is 4.79 Å². The van der Waals surface area contributed by atoms with Crippen molar-refractivity contribution in [3.63, 3.8) is 0 Å². The molecule has 0 saturated carbocycles. The molecule has 0 aliphatic carbocycles. The summed E-state index contributed by atoms with van der Waals surface area (Å²) in [4.78, 5) is 22.5. The molecule has 0 aromatic carbocycles. The highest BCUT2D eigenvalue weighted by Gasteiger charge is 2.13. The topological polar surface area (TPSA) is 69.4 Å². The number of hydrogen-bond donors (Lipinski definition) is 1. The second-order valence-electron chi connectivity index (χ2n) is 7.28. The average Bonchev–Trinajstić information content (AvgIpc) is 2.58. The maximum atomic E-state index is 11.4. The van der Waals surface area contributed by atoms with Crippen molar-refractivity contribution in [1.29, 1.82) is 0 Å². The van der Waals surface area contributed by atoms with Gasteiger partial charge in [-0.25, -0.2) is 4.79 Å². The molecular formula is C21H41NO3. The van der Waals surface area contributed by atoms with Gasteiger partial charge in [-0.15, -0.1) is 0 Å². The minimum Gasteiger partial charge on any atom is -0.392 e. The van der Waals surface area contributed by atoms with Gasteiger partial charge < -0.3 is 10.5 Å². The predicted octanol–water partition coefficient (Wildman–Crippen LogP) is 5.66. The Morgan fingerprint density at radius 1 is 0.720 bits per heavy atom. The normalized spacial score (nSPS) is 12.1. The van der Waals surface area contributed by atoms with Crippen molar-refractivity contribution in [1.82, 2.24) is 0 Å². The van der Waals surface area contributed by atoms with E-state index in [9.17, 15) is 9.59 Å². The van der Waals surface area contributed by atoms with E-state index in [1.165, 1.54) is 84.0 Å². The van der Waals surface area contributed by atoms with E-state index in [2.05, 4.69) is 11.7 Å². The third kappa shape index (κ3) is 17.7. The first kappa shape index (κ1) is 24.1. The number of carbonyl (C=O) groups excluding carboxylic acids is 2. The molecule has 0 rings (SSSR count). The van der Waals surface area contributed by atoms with E-state index >= 15 is 0 Å². The summed E-state index contributed by atoms with van der Waals surface area (Å²) < 4.78 is 4.63. The van der Waals surface area contributed by atoms with Crippen LogP contribution in [0.4, 0.5) is 0 Å². The van der Waals surface area contributed by atoms with Crippen molar-refractivity contribution in [3.8, 4) is 0 Å². The summed E-state index contributed by atoms with van der Waals surface area (Å²) in [5.74, 6) is -1.08. The Morgan fingerprint density at radius 3 is 1.44 bits per heavy atom. The Kier molecular flexibility index (Phi) is 17.3. The van der Waals surface area contributed by atoms with Crippen LogP contribution in [0, 0.1) is 0 Å². The second kappa shape index (κ2) is 17.9. The maximum Gasteiger partial charge on any atom is 0.330 e. The van der Waals surface area contributed by atoms with Crippen molar-refractivity contribution >= 4 is 11.9 Å². The summed E-state index contributed by atoms with van der Waals surface area (Å²) in [6.07, 6.45) is 19.7. The zero-order valence-corrected chi connectivity index (χ0v) is 16.7. The van der Waals surface area contributed by atoms with Crippen LogP contribution in [0.15, 0.2) is 0 Å². The van der Waals surface area contributed by atoms with Gasteiger partial charge >= 0.3 is 11.9 Å².